The third-order valence-electron chi connectivity index (χ3n) is 4.14. The van der Waals surface area contributed by atoms with Crippen LogP contribution >= 0.6 is 0 Å². The average Bonchev–Trinajstić information content (AvgIpc) is 2.51. The van der Waals surface area contributed by atoms with Gasteiger partial charge >= 0.3 is 0 Å². The second kappa shape index (κ2) is 4.07. The number of aromatic nitrogens is 2. The number of carbonyl (C=O) groups is 2. The summed E-state index contributed by atoms with van der Waals surface area (Å²) in [5.41, 5.74) is 1.84. The number of fused-ring (bicyclic) bond motifs is 3. The molecule has 0 fully saturated rings. The highest BCUT2D eigenvalue weighted by Gasteiger charge is 2.43. The Morgan fingerprint density at radius 1 is 0.800 bits per heavy atom. The highest BCUT2D eigenvalue weighted by atomic mass is 16.1. The van der Waals surface area contributed by atoms with Gasteiger partial charge in [-0.15, -0.1) is 0 Å². The summed E-state index contributed by atoms with van der Waals surface area (Å²) in [4.78, 5) is 33.9. The second-order valence-corrected chi connectivity index (χ2v) is 5.29. The summed E-state index contributed by atoms with van der Waals surface area (Å²) in [5.74, 6) is -0.578. The van der Waals surface area contributed by atoms with Crippen LogP contribution in [-0.2, 0) is 0 Å². The van der Waals surface area contributed by atoms with E-state index >= 15 is 0 Å². The number of hydrogen-bond acceptors (Lipinski definition) is 4. The van der Waals surface area contributed by atoms with E-state index in [2.05, 4.69) is 9.97 Å². The Hall–Kier alpha value is -2.36. The molecule has 4 nitrogen and oxygen atoms in total. The zero-order valence-electron chi connectivity index (χ0n) is 10.7. The molecule has 2 aromatic rings. The molecule has 0 saturated carbocycles. The van der Waals surface area contributed by atoms with Gasteiger partial charge in [0.2, 0.25) is 0 Å². The van der Waals surface area contributed by atoms with Crippen molar-refractivity contribution in [3.05, 3.63) is 47.8 Å². The van der Waals surface area contributed by atoms with Gasteiger partial charge in [-0.05, 0) is 25.0 Å². The van der Waals surface area contributed by atoms with Crippen LogP contribution in [0, 0.1) is 11.8 Å². The lowest BCUT2D eigenvalue weighted by Crippen LogP contribution is -2.38. The molecule has 4 heteroatoms. The molecule has 98 valence electrons. The minimum atomic E-state index is -0.254. The van der Waals surface area contributed by atoms with Crippen LogP contribution in [0.1, 0.15) is 33.8 Å². The molecule has 2 aliphatic carbocycles. The number of rotatable bonds is 0. The average molecular weight is 264 g/mol. The molecule has 1 aromatic carbocycles. The Morgan fingerprint density at radius 2 is 1.25 bits per heavy atom. The van der Waals surface area contributed by atoms with E-state index in [0.29, 0.717) is 23.9 Å². The molecule has 0 radical (unpaired) electrons. The van der Waals surface area contributed by atoms with Crippen LogP contribution in [0.2, 0.25) is 0 Å². The highest BCUT2D eigenvalue weighted by Crippen LogP contribution is 2.36. The lowest BCUT2D eigenvalue weighted by atomic mass is 9.72. The largest absolute Gasteiger partial charge is 0.292 e. The van der Waals surface area contributed by atoms with Crippen molar-refractivity contribution < 1.29 is 9.59 Å². The van der Waals surface area contributed by atoms with E-state index in [1.54, 1.807) is 0 Å². The minimum absolute atomic E-state index is 0.0350. The topological polar surface area (TPSA) is 59.9 Å². The maximum Gasteiger partial charge on any atom is 0.187 e. The standard InChI is InChI=1S/C16H12N2O2/c19-15-9-5-1-2-6-10(9)16(20)14-13(15)17-11-7-3-4-8-12(11)18-14/h1-4,7-10H,5-6H2. The number of ketones is 2. The first-order valence-corrected chi connectivity index (χ1v) is 6.76. The number of nitrogens with zero attached hydrogens (tertiary/aromatic N) is 2. The lowest BCUT2D eigenvalue weighted by Gasteiger charge is -2.30. The molecule has 0 amide bonds. The molecule has 0 N–H and O–H groups in total. The monoisotopic (exact) mass is 264 g/mol. The zero-order chi connectivity index (χ0) is 13.7. The molecule has 0 saturated heterocycles. The van der Waals surface area contributed by atoms with Crippen molar-refractivity contribution in [3.8, 4) is 0 Å². The van der Waals surface area contributed by atoms with E-state index in [4.69, 9.17) is 0 Å². The van der Waals surface area contributed by atoms with E-state index in [9.17, 15) is 9.59 Å². The molecule has 20 heavy (non-hydrogen) atoms. The third-order valence-corrected chi connectivity index (χ3v) is 4.14. The van der Waals surface area contributed by atoms with Crippen LogP contribution in [0.15, 0.2) is 36.4 Å². The Kier molecular flexibility index (Phi) is 2.33. The first-order chi connectivity index (χ1) is 9.75. The molecular weight excluding hydrogens is 252 g/mol. The van der Waals surface area contributed by atoms with Crippen LogP contribution in [0.5, 0.6) is 0 Å². The quantitative estimate of drug-likeness (QED) is 0.686. The molecule has 1 aromatic heterocycles. The first kappa shape index (κ1) is 11.5. The van der Waals surface area contributed by atoms with Crippen LogP contribution in [0.4, 0.5) is 0 Å². The smallest absolute Gasteiger partial charge is 0.187 e. The van der Waals surface area contributed by atoms with E-state index < -0.39 is 0 Å². The van der Waals surface area contributed by atoms with Gasteiger partial charge in [-0.25, -0.2) is 9.97 Å². The SMILES string of the molecule is O=C1c2nc3ccccc3nc2C(=O)C2CC=CCC12. The summed E-state index contributed by atoms with van der Waals surface area (Å²) in [6, 6.07) is 7.33. The molecule has 4 rings (SSSR count). The van der Waals surface area contributed by atoms with Crippen molar-refractivity contribution in [2.45, 2.75) is 12.8 Å². The number of para-hydroxylation sites is 2. The van der Waals surface area contributed by atoms with Gasteiger partial charge in [0, 0.05) is 11.8 Å². The predicted octanol–water partition coefficient (Wildman–Crippen LogP) is 2.59. The van der Waals surface area contributed by atoms with Gasteiger partial charge in [0.15, 0.2) is 11.6 Å². The Morgan fingerprint density at radius 3 is 1.70 bits per heavy atom. The zero-order valence-corrected chi connectivity index (χ0v) is 10.7. The fourth-order valence-corrected chi connectivity index (χ4v) is 3.09. The minimum Gasteiger partial charge on any atom is -0.292 e. The van der Waals surface area contributed by atoms with Crippen LogP contribution in [0.3, 0.4) is 0 Å². The predicted molar refractivity (Wildman–Crippen MR) is 73.6 cm³/mol. The van der Waals surface area contributed by atoms with Crippen LogP contribution in [-0.4, -0.2) is 21.5 Å². The van der Waals surface area contributed by atoms with Crippen molar-refractivity contribution in [2.24, 2.45) is 11.8 Å². The van der Waals surface area contributed by atoms with Crippen LogP contribution in [0.25, 0.3) is 11.0 Å². The Bertz CT molecular complexity index is 715. The molecule has 0 aliphatic heterocycles. The van der Waals surface area contributed by atoms with Gasteiger partial charge < -0.3 is 0 Å². The summed E-state index contributed by atoms with van der Waals surface area (Å²) in [6.07, 6.45) is 5.21. The summed E-state index contributed by atoms with van der Waals surface area (Å²) in [5, 5.41) is 0. The van der Waals surface area contributed by atoms with E-state index in [-0.39, 0.29) is 34.8 Å². The summed E-state index contributed by atoms with van der Waals surface area (Å²) < 4.78 is 0. The number of hydrogen-bond donors (Lipinski definition) is 0. The van der Waals surface area contributed by atoms with Gasteiger partial charge in [0.05, 0.1) is 11.0 Å². The number of allylic oxidation sites excluding steroid dienone is 2. The third kappa shape index (κ3) is 1.48. The second-order valence-electron chi connectivity index (χ2n) is 5.29. The van der Waals surface area contributed by atoms with Crippen LogP contribution < -0.4 is 0 Å². The van der Waals surface area contributed by atoms with Gasteiger partial charge in [-0.1, -0.05) is 24.3 Å². The Balaban J connectivity index is 1.97. The Labute approximate surface area is 115 Å². The van der Waals surface area contributed by atoms with Crippen molar-refractivity contribution in [3.63, 3.8) is 0 Å². The fourth-order valence-electron chi connectivity index (χ4n) is 3.09. The van der Waals surface area contributed by atoms with E-state index in [0.717, 1.165) is 0 Å². The van der Waals surface area contributed by atoms with E-state index in [1.807, 2.05) is 36.4 Å². The fraction of sp³-hybridized carbons (Fsp3) is 0.250. The molecule has 0 spiro atoms. The molecule has 2 atom stereocenters. The van der Waals surface area contributed by atoms with Crippen molar-refractivity contribution in [1.82, 2.24) is 9.97 Å². The summed E-state index contributed by atoms with van der Waals surface area (Å²) >= 11 is 0. The van der Waals surface area contributed by atoms with Crippen molar-refractivity contribution in [2.75, 3.05) is 0 Å². The van der Waals surface area contributed by atoms with Gasteiger partial charge in [-0.2, -0.15) is 0 Å². The highest BCUT2D eigenvalue weighted by molar-refractivity contribution is 6.15. The van der Waals surface area contributed by atoms with Gasteiger partial charge in [0.25, 0.3) is 0 Å². The summed E-state index contributed by atoms with van der Waals surface area (Å²) in [7, 11) is 0. The summed E-state index contributed by atoms with van der Waals surface area (Å²) in [6.45, 7) is 0. The van der Waals surface area contributed by atoms with E-state index in [1.165, 1.54) is 0 Å². The molecule has 0 bridgehead atoms. The van der Waals surface area contributed by atoms with Gasteiger partial charge in [-0.3, -0.25) is 9.59 Å². The lowest BCUT2D eigenvalue weighted by molar-refractivity contribution is 0.0720. The maximum absolute atomic E-state index is 12.6. The molecule has 2 aliphatic rings. The van der Waals surface area contributed by atoms with Crippen molar-refractivity contribution in [1.29, 1.82) is 0 Å². The number of carbonyl (C=O) groups excluding carboxylic acids is 2. The first-order valence-electron chi connectivity index (χ1n) is 6.76. The molecule has 2 unspecified atom stereocenters. The van der Waals surface area contributed by atoms with Crippen molar-refractivity contribution >= 4 is 22.6 Å². The number of benzene rings is 1. The number of Topliss-reactive ketones (excluding diaryl/α,β-unsaturated/α-hetero) is 2. The van der Waals surface area contributed by atoms with Gasteiger partial charge in [0.1, 0.15) is 11.4 Å². The maximum atomic E-state index is 12.6. The normalized spacial score (nSPS) is 24.6. The molecular formula is C16H12N2O2. The molecule has 1 heterocycles.